The van der Waals surface area contributed by atoms with Crippen LogP contribution in [0.15, 0.2) is 65.4 Å². The van der Waals surface area contributed by atoms with Crippen molar-refractivity contribution in [3.05, 3.63) is 82.1 Å². The first-order valence-electron chi connectivity index (χ1n) is 13.7. The maximum Gasteiger partial charge on any atom is 0.416 e. The fourth-order valence-electron chi connectivity index (χ4n) is 7.07. The Balaban J connectivity index is 1.51. The fourth-order valence-corrected chi connectivity index (χ4v) is 7.07. The van der Waals surface area contributed by atoms with Gasteiger partial charge in [-0.1, -0.05) is 30.3 Å². The highest BCUT2D eigenvalue weighted by Gasteiger charge is 2.64. The van der Waals surface area contributed by atoms with E-state index in [0.29, 0.717) is 16.5 Å². The highest BCUT2D eigenvalue weighted by atomic mass is 19.4. The van der Waals surface area contributed by atoms with E-state index in [1.807, 2.05) is 0 Å². The van der Waals surface area contributed by atoms with Crippen molar-refractivity contribution in [1.82, 2.24) is 4.90 Å². The number of phenols is 1. The van der Waals surface area contributed by atoms with E-state index in [4.69, 9.17) is 5.73 Å². The second-order valence-electron chi connectivity index (χ2n) is 11.7. The Kier molecular flexibility index (Phi) is 6.46. The Morgan fingerprint density at radius 3 is 2.34 bits per heavy atom. The number of primary amides is 1. The number of amides is 1. The summed E-state index contributed by atoms with van der Waals surface area (Å²) < 4.78 is 40.0. The molecule has 228 valence electrons. The number of nitrogens with zero attached hydrogens (tertiary/aromatic N) is 1. The summed E-state index contributed by atoms with van der Waals surface area (Å²) in [6.07, 6.45) is -4.48. The smallest absolute Gasteiger partial charge is 0.416 e. The minimum atomic E-state index is -4.56. The number of ketones is 2. The Bertz CT molecular complexity index is 1880. The molecule has 4 atom stereocenters. The molecule has 1 saturated carbocycles. The molecule has 6 N–H and O–H groups in total. The Labute approximate surface area is 248 Å². The van der Waals surface area contributed by atoms with Crippen LogP contribution in [-0.2, 0) is 27.0 Å². The van der Waals surface area contributed by atoms with Crippen molar-refractivity contribution >= 4 is 34.0 Å². The summed E-state index contributed by atoms with van der Waals surface area (Å²) in [6.45, 7) is 0. The SMILES string of the molecule is CN(C)[C@@H]1C(=O)C(C(N)=O)=C(O)[C@@]2(O)C(=O)C3=C(O)c4c(cc5ccc(-c6cccc(C(F)(F)F)c6)cc5c4O)C[C@H]3C[C@@H]12. The summed E-state index contributed by atoms with van der Waals surface area (Å²) in [5.41, 5.74) is 1.52. The minimum absolute atomic E-state index is 0.0426. The molecule has 3 aromatic rings. The van der Waals surface area contributed by atoms with Crippen LogP contribution in [0, 0.1) is 11.8 Å². The third-order valence-electron chi connectivity index (χ3n) is 9.05. The Morgan fingerprint density at radius 2 is 1.70 bits per heavy atom. The molecule has 0 saturated heterocycles. The Hall–Kier alpha value is -4.68. The molecule has 9 nitrogen and oxygen atoms in total. The first-order valence-corrected chi connectivity index (χ1v) is 13.7. The number of alkyl halides is 3. The average Bonchev–Trinajstić information content (AvgIpc) is 2.94. The maximum absolute atomic E-state index is 14.0. The van der Waals surface area contributed by atoms with Crippen molar-refractivity contribution in [1.29, 1.82) is 0 Å². The molecule has 0 aliphatic heterocycles. The molecular weight excluding hydrogens is 581 g/mol. The molecule has 3 aromatic carbocycles. The van der Waals surface area contributed by atoms with Gasteiger partial charge >= 0.3 is 6.18 Å². The lowest BCUT2D eigenvalue weighted by atomic mass is 9.57. The topological polar surface area (TPSA) is 161 Å². The van der Waals surface area contributed by atoms with Crippen LogP contribution in [-0.4, -0.2) is 68.5 Å². The zero-order valence-corrected chi connectivity index (χ0v) is 23.4. The molecule has 1 fully saturated rings. The summed E-state index contributed by atoms with van der Waals surface area (Å²) in [6, 6.07) is 9.90. The van der Waals surface area contributed by atoms with Crippen molar-refractivity contribution in [2.24, 2.45) is 17.6 Å². The number of hydrogen-bond donors (Lipinski definition) is 5. The largest absolute Gasteiger partial charge is 0.508 e. The van der Waals surface area contributed by atoms with Gasteiger partial charge in [-0.3, -0.25) is 19.3 Å². The second kappa shape index (κ2) is 9.66. The number of aliphatic hydroxyl groups excluding tert-OH is 2. The molecule has 0 unspecified atom stereocenters. The lowest BCUT2D eigenvalue weighted by Crippen LogP contribution is -2.65. The number of phenolic OH excluding ortho intramolecular Hbond substituents is 1. The second-order valence-corrected chi connectivity index (χ2v) is 11.7. The number of Topliss-reactive ketones (excluding diaryl/α,β-unsaturated/α-hetero) is 2. The van der Waals surface area contributed by atoms with Gasteiger partial charge in [0.25, 0.3) is 5.91 Å². The molecule has 0 heterocycles. The molecule has 0 bridgehead atoms. The van der Waals surface area contributed by atoms with Crippen LogP contribution in [0.1, 0.15) is 23.1 Å². The zero-order chi connectivity index (χ0) is 32.0. The molecule has 1 amide bonds. The summed E-state index contributed by atoms with van der Waals surface area (Å²) >= 11 is 0. The number of aliphatic hydroxyl groups is 3. The molecular formula is C32H27F3N2O7. The van der Waals surface area contributed by atoms with Gasteiger partial charge in [-0.25, -0.2) is 0 Å². The Morgan fingerprint density at radius 1 is 1.02 bits per heavy atom. The maximum atomic E-state index is 14.0. The number of hydrogen-bond acceptors (Lipinski definition) is 8. The van der Waals surface area contributed by atoms with Gasteiger partial charge in [0.15, 0.2) is 11.4 Å². The third-order valence-corrected chi connectivity index (χ3v) is 9.05. The predicted molar refractivity (Wildman–Crippen MR) is 152 cm³/mol. The van der Waals surface area contributed by atoms with Gasteiger partial charge in [-0.15, -0.1) is 0 Å². The van der Waals surface area contributed by atoms with Gasteiger partial charge in [0.05, 0.1) is 17.2 Å². The predicted octanol–water partition coefficient (Wildman–Crippen LogP) is 3.80. The van der Waals surface area contributed by atoms with Crippen LogP contribution in [0.3, 0.4) is 0 Å². The number of carbonyl (C=O) groups is 3. The molecule has 12 heteroatoms. The standard InChI is InChI=1S/C32H27F3N2O7/c1-37(2)24-20-12-17-9-16-8-15-7-6-14(13-4-3-5-18(10-13)32(33,34)35)11-19(15)25(38)21(16)26(39)22(17)28(41)31(20,44)29(42)23(27(24)40)30(36)43/h3-8,10-11,17,20,24,38-39,42,44H,9,12H2,1-2H3,(H2,36,43)/t17-,20-,24-,31-/m0/s1. The normalized spacial score (nSPS) is 25.3. The number of halogens is 3. The number of rotatable bonds is 3. The van der Waals surface area contributed by atoms with Crippen molar-refractivity contribution < 1.29 is 48.0 Å². The van der Waals surface area contributed by atoms with Crippen LogP contribution < -0.4 is 5.73 Å². The van der Waals surface area contributed by atoms with Crippen LogP contribution in [0.5, 0.6) is 5.75 Å². The van der Waals surface area contributed by atoms with Crippen molar-refractivity contribution in [2.75, 3.05) is 14.1 Å². The van der Waals surface area contributed by atoms with Gasteiger partial charge in [0.2, 0.25) is 5.78 Å². The number of aromatic hydroxyl groups is 1. The summed E-state index contributed by atoms with van der Waals surface area (Å²) in [7, 11) is 3.04. The van der Waals surface area contributed by atoms with Gasteiger partial charge in [-0.2, -0.15) is 13.2 Å². The minimum Gasteiger partial charge on any atom is -0.508 e. The van der Waals surface area contributed by atoms with Gasteiger partial charge < -0.3 is 26.2 Å². The van der Waals surface area contributed by atoms with E-state index in [9.17, 15) is 48.0 Å². The van der Waals surface area contributed by atoms with E-state index in [2.05, 4.69) is 0 Å². The first kappa shape index (κ1) is 29.4. The monoisotopic (exact) mass is 608 g/mol. The fraction of sp³-hybridized carbons (Fsp3) is 0.281. The molecule has 3 aliphatic carbocycles. The number of nitrogens with two attached hydrogens (primary N) is 1. The lowest BCUT2D eigenvalue weighted by Gasteiger charge is -2.50. The van der Waals surface area contributed by atoms with Crippen molar-refractivity contribution in [3.8, 4) is 16.9 Å². The van der Waals surface area contributed by atoms with Gasteiger partial charge in [0.1, 0.15) is 22.8 Å². The van der Waals surface area contributed by atoms with Crippen molar-refractivity contribution in [2.45, 2.75) is 30.7 Å². The van der Waals surface area contributed by atoms with Crippen LogP contribution >= 0.6 is 0 Å². The highest BCUT2D eigenvalue weighted by Crippen LogP contribution is 2.53. The van der Waals surface area contributed by atoms with Crippen molar-refractivity contribution in [3.63, 3.8) is 0 Å². The number of carbonyl (C=O) groups excluding carboxylic acids is 3. The van der Waals surface area contributed by atoms with E-state index in [0.717, 1.165) is 12.1 Å². The van der Waals surface area contributed by atoms with Crippen LogP contribution in [0.25, 0.3) is 27.7 Å². The molecule has 6 rings (SSSR count). The number of benzene rings is 3. The zero-order valence-electron chi connectivity index (χ0n) is 23.4. The molecule has 0 radical (unpaired) electrons. The summed E-state index contributed by atoms with van der Waals surface area (Å²) in [4.78, 5) is 40.8. The van der Waals surface area contributed by atoms with E-state index in [-0.39, 0.29) is 34.9 Å². The third kappa shape index (κ3) is 4.05. The van der Waals surface area contributed by atoms with Gasteiger partial charge in [-0.05, 0) is 73.1 Å². The van der Waals surface area contributed by atoms with E-state index >= 15 is 0 Å². The van der Waals surface area contributed by atoms with Gasteiger partial charge in [0, 0.05) is 16.9 Å². The summed E-state index contributed by atoms with van der Waals surface area (Å²) in [5.74, 6) is -7.46. The molecule has 3 aliphatic rings. The van der Waals surface area contributed by atoms with E-state index in [1.165, 1.54) is 37.2 Å². The lowest BCUT2D eigenvalue weighted by molar-refractivity contribution is -0.153. The molecule has 0 spiro atoms. The van der Waals surface area contributed by atoms with Crippen LogP contribution in [0.2, 0.25) is 0 Å². The van der Waals surface area contributed by atoms with Crippen LogP contribution in [0.4, 0.5) is 13.2 Å². The molecule has 44 heavy (non-hydrogen) atoms. The van der Waals surface area contributed by atoms with E-state index < -0.39 is 75.5 Å². The summed E-state index contributed by atoms with van der Waals surface area (Å²) in [5, 5.41) is 46.3. The number of fused-ring (bicyclic) bond motifs is 4. The quantitative estimate of drug-likeness (QED) is 0.281. The first-order chi connectivity index (χ1) is 20.6. The number of likely N-dealkylation sites (N-methyl/N-ethyl adjacent to an activating group) is 1. The highest BCUT2D eigenvalue weighted by molar-refractivity contribution is 6.24. The average molecular weight is 609 g/mol. The van der Waals surface area contributed by atoms with E-state index in [1.54, 1.807) is 18.2 Å². The molecule has 0 aromatic heterocycles.